The lowest BCUT2D eigenvalue weighted by atomic mass is 10.0. The predicted molar refractivity (Wildman–Crippen MR) is 76.0 cm³/mol. The molecule has 1 aliphatic heterocycles. The third-order valence-electron chi connectivity index (χ3n) is 3.46. The molecule has 0 spiro atoms. The SMILES string of the molecule is CC(C)C(C)NC(=O)c1ccc2c(c1)CNC2.Cl. The Hall–Kier alpha value is -1.06. The van der Waals surface area contributed by atoms with E-state index in [2.05, 4.69) is 24.5 Å². The molecule has 0 aromatic heterocycles. The summed E-state index contributed by atoms with van der Waals surface area (Å²) in [5.74, 6) is 0.482. The van der Waals surface area contributed by atoms with E-state index in [0.717, 1.165) is 18.7 Å². The van der Waals surface area contributed by atoms with E-state index in [-0.39, 0.29) is 24.4 Å². The molecule has 1 aromatic rings. The van der Waals surface area contributed by atoms with Crippen LogP contribution in [0.2, 0.25) is 0 Å². The topological polar surface area (TPSA) is 41.1 Å². The minimum Gasteiger partial charge on any atom is -0.349 e. The second kappa shape index (κ2) is 6.21. The molecular formula is C14H21ClN2O. The number of benzene rings is 1. The zero-order chi connectivity index (χ0) is 12.4. The zero-order valence-electron chi connectivity index (χ0n) is 11.1. The Morgan fingerprint density at radius 3 is 2.56 bits per heavy atom. The summed E-state index contributed by atoms with van der Waals surface area (Å²) in [7, 11) is 0. The van der Waals surface area contributed by atoms with Gasteiger partial charge in [0.2, 0.25) is 0 Å². The molecule has 100 valence electrons. The lowest BCUT2D eigenvalue weighted by Crippen LogP contribution is -2.36. The molecule has 2 rings (SSSR count). The van der Waals surface area contributed by atoms with E-state index in [1.165, 1.54) is 11.1 Å². The minimum atomic E-state index is 0. The third-order valence-corrected chi connectivity index (χ3v) is 3.46. The van der Waals surface area contributed by atoms with Crippen molar-refractivity contribution < 1.29 is 4.79 Å². The summed E-state index contributed by atoms with van der Waals surface area (Å²) in [6.45, 7) is 8.04. The molecule has 1 amide bonds. The average Bonchev–Trinajstić information content (AvgIpc) is 2.75. The van der Waals surface area contributed by atoms with Gasteiger partial charge in [0, 0.05) is 24.7 Å². The third kappa shape index (κ3) is 3.24. The van der Waals surface area contributed by atoms with E-state index in [0.29, 0.717) is 5.92 Å². The van der Waals surface area contributed by atoms with Gasteiger partial charge in [-0.25, -0.2) is 0 Å². The second-order valence-electron chi connectivity index (χ2n) is 5.09. The summed E-state index contributed by atoms with van der Waals surface area (Å²) < 4.78 is 0. The van der Waals surface area contributed by atoms with E-state index in [9.17, 15) is 4.79 Å². The van der Waals surface area contributed by atoms with Gasteiger partial charge in [-0.15, -0.1) is 12.4 Å². The number of carbonyl (C=O) groups excluding carboxylic acids is 1. The van der Waals surface area contributed by atoms with Crippen molar-refractivity contribution in [2.45, 2.75) is 39.9 Å². The normalized spacial score (nSPS) is 14.9. The van der Waals surface area contributed by atoms with Gasteiger partial charge in [-0.1, -0.05) is 19.9 Å². The molecule has 0 saturated heterocycles. The van der Waals surface area contributed by atoms with Gasteiger partial charge in [0.25, 0.3) is 5.91 Å². The molecule has 0 bridgehead atoms. The highest BCUT2D eigenvalue weighted by Crippen LogP contribution is 2.17. The summed E-state index contributed by atoms with van der Waals surface area (Å²) in [5, 5.41) is 6.31. The molecule has 18 heavy (non-hydrogen) atoms. The van der Waals surface area contributed by atoms with Gasteiger partial charge >= 0.3 is 0 Å². The van der Waals surface area contributed by atoms with Crippen molar-refractivity contribution in [3.8, 4) is 0 Å². The van der Waals surface area contributed by atoms with E-state index >= 15 is 0 Å². The first-order chi connectivity index (χ1) is 8.08. The lowest BCUT2D eigenvalue weighted by molar-refractivity contribution is 0.0930. The van der Waals surface area contributed by atoms with E-state index in [4.69, 9.17) is 0 Å². The Morgan fingerprint density at radius 2 is 1.89 bits per heavy atom. The molecule has 1 aliphatic rings. The minimum absolute atomic E-state index is 0. The molecule has 0 radical (unpaired) electrons. The molecule has 2 N–H and O–H groups in total. The van der Waals surface area contributed by atoms with Crippen molar-refractivity contribution in [1.82, 2.24) is 10.6 Å². The maximum Gasteiger partial charge on any atom is 0.251 e. The highest BCUT2D eigenvalue weighted by atomic mass is 35.5. The van der Waals surface area contributed by atoms with Crippen LogP contribution >= 0.6 is 12.4 Å². The summed E-state index contributed by atoms with van der Waals surface area (Å²) in [6.07, 6.45) is 0. The predicted octanol–water partition coefficient (Wildman–Crippen LogP) is 2.49. The van der Waals surface area contributed by atoms with E-state index in [1.54, 1.807) is 0 Å². The zero-order valence-corrected chi connectivity index (χ0v) is 11.9. The van der Waals surface area contributed by atoms with Crippen molar-refractivity contribution >= 4 is 18.3 Å². The number of amides is 1. The molecule has 0 saturated carbocycles. The van der Waals surface area contributed by atoms with Gasteiger partial charge in [-0.2, -0.15) is 0 Å². The molecule has 1 aromatic carbocycles. The first-order valence-corrected chi connectivity index (χ1v) is 6.21. The fourth-order valence-corrected chi connectivity index (χ4v) is 1.89. The monoisotopic (exact) mass is 268 g/mol. The van der Waals surface area contributed by atoms with Crippen LogP contribution in [0.25, 0.3) is 0 Å². The Morgan fingerprint density at radius 1 is 1.22 bits per heavy atom. The quantitative estimate of drug-likeness (QED) is 0.884. The fraction of sp³-hybridized carbons (Fsp3) is 0.500. The van der Waals surface area contributed by atoms with Gasteiger partial charge in [0.1, 0.15) is 0 Å². The highest BCUT2D eigenvalue weighted by molar-refractivity contribution is 5.94. The van der Waals surface area contributed by atoms with Crippen molar-refractivity contribution in [1.29, 1.82) is 0 Å². The maximum absolute atomic E-state index is 12.0. The number of halogens is 1. The Labute approximate surface area is 115 Å². The van der Waals surface area contributed by atoms with Gasteiger partial charge in [0.05, 0.1) is 0 Å². The number of fused-ring (bicyclic) bond motifs is 1. The number of hydrogen-bond donors (Lipinski definition) is 2. The van der Waals surface area contributed by atoms with E-state index < -0.39 is 0 Å². The number of hydrogen-bond acceptors (Lipinski definition) is 2. The summed E-state index contributed by atoms with van der Waals surface area (Å²) in [4.78, 5) is 12.0. The van der Waals surface area contributed by atoms with Crippen LogP contribution in [0.4, 0.5) is 0 Å². The van der Waals surface area contributed by atoms with Gasteiger partial charge in [-0.05, 0) is 36.1 Å². The highest BCUT2D eigenvalue weighted by Gasteiger charge is 2.15. The molecule has 1 unspecified atom stereocenters. The van der Waals surface area contributed by atoms with Crippen molar-refractivity contribution in [3.05, 3.63) is 34.9 Å². The summed E-state index contributed by atoms with van der Waals surface area (Å²) >= 11 is 0. The van der Waals surface area contributed by atoms with Crippen LogP contribution in [-0.2, 0) is 13.1 Å². The molecule has 1 heterocycles. The van der Waals surface area contributed by atoms with Crippen LogP contribution in [0.5, 0.6) is 0 Å². The summed E-state index contributed by atoms with van der Waals surface area (Å²) in [6, 6.07) is 6.16. The molecule has 0 aliphatic carbocycles. The van der Waals surface area contributed by atoms with Crippen LogP contribution in [0.3, 0.4) is 0 Å². The van der Waals surface area contributed by atoms with Crippen molar-refractivity contribution in [2.24, 2.45) is 5.92 Å². The Kier molecular flexibility index (Phi) is 5.17. The van der Waals surface area contributed by atoms with Gasteiger partial charge in [-0.3, -0.25) is 4.79 Å². The van der Waals surface area contributed by atoms with Gasteiger partial charge in [0.15, 0.2) is 0 Å². The molecule has 0 fully saturated rings. The lowest BCUT2D eigenvalue weighted by Gasteiger charge is -2.17. The number of carbonyl (C=O) groups is 1. The van der Waals surface area contributed by atoms with Crippen molar-refractivity contribution in [2.75, 3.05) is 0 Å². The van der Waals surface area contributed by atoms with Gasteiger partial charge < -0.3 is 10.6 Å². The summed E-state index contributed by atoms with van der Waals surface area (Å²) in [5.41, 5.74) is 3.31. The second-order valence-corrected chi connectivity index (χ2v) is 5.09. The average molecular weight is 269 g/mol. The molecule has 1 atom stereocenters. The maximum atomic E-state index is 12.0. The fourth-order valence-electron chi connectivity index (χ4n) is 1.89. The van der Waals surface area contributed by atoms with E-state index in [1.807, 2.05) is 25.1 Å². The first-order valence-electron chi connectivity index (χ1n) is 6.21. The van der Waals surface area contributed by atoms with Crippen LogP contribution in [0, 0.1) is 5.92 Å². The van der Waals surface area contributed by atoms with Crippen LogP contribution in [0.15, 0.2) is 18.2 Å². The number of nitrogens with one attached hydrogen (secondary N) is 2. The molecule has 4 heteroatoms. The standard InChI is InChI=1S/C14H20N2O.ClH/c1-9(2)10(3)16-14(17)11-4-5-12-7-15-8-13(12)6-11;/h4-6,9-10,15H,7-8H2,1-3H3,(H,16,17);1H. The first kappa shape index (κ1) is 15.0. The van der Waals surface area contributed by atoms with Crippen molar-refractivity contribution in [3.63, 3.8) is 0 Å². The smallest absolute Gasteiger partial charge is 0.251 e. The Balaban J connectivity index is 0.00000162. The van der Waals surface area contributed by atoms with Crippen LogP contribution in [0.1, 0.15) is 42.3 Å². The Bertz CT molecular complexity index is 432. The number of rotatable bonds is 3. The molecule has 3 nitrogen and oxygen atoms in total. The van der Waals surface area contributed by atoms with Crippen LogP contribution in [-0.4, -0.2) is 11.9 Å². The molecular weight excluding hydrogens is 248 g/mol. The van der Waals surface area contributed by atoms with Crippen LogP contribution < -0.4 is 10.6 Å². The largest absolute Gasteiger partial charge is 0.349 e.